The average molecular weight is 434 g/mol. The largest absolute Gasteiger partial charge is 0.444 e. The van der Waals surface area contributed by atoms with Gasteiger partial charge in [-0.2, -0.15) is 5.10 Å². The minimum absolute atomic E-state index is 0.284. The Hall–Kier alpha value is -3.41. The van der Waals surface area contributed by atoms with E-state index in [-0.39, 0.29) is 11.9 Å². The smallest absolute Gasteiger partial charge is 0.410 e. The van der Waals surface area contributed by atoms with E-state index in [1.54, 1.807) is 17.0 Å². The van der Waals surface area contributed by atoms with Gasteiger partial charge in [0, 0.05) is 24.2 Å². The summed E-state index contributed by atoms with van der Waals surface area (Å²) < 4.78 is 22.1. The number of rotatable bonds is 3. The Balaban J connectivity index is 1.72. The monoisotopic (exact) mass is 433 g/mol. The van der Waals surface area contributed by atoms with Crippen LogP contribution in [0.3, 0.4) is 0 Å². The van der Waals surface area contributed by atoms with Gasteiger partial charge >= 0.3 is 6.09 Å². The predicted molar refractivity (Wildman–Crippen MR) is 124 cm³/mol. The fourth-order valence-electron chi connectivity index (χ4n) is 3.90. The van der Waals surface area contributed by atoms with Crippen LogP contribution in [0.1, 0.15) is 38.4 Å². The van der Waals surface area contributed by atoms with E-state index in [9.17, 15) is 9.18 Å². The van der Waals surface area contributed by atoms with Crippen molar-refractivity contribution in [3.63, 3.8) is 0 Å². The summed E-state index contributed by atoms with van der Waals surface area (Å²) in [6, 6.07) is 16.5. The van der Waals surface area contributed by atoms with Crippen LogP contribution in [-0.4, -0.2) is 39.5 Å². The molecule has 1 aliphatic heterocycles. The molecule has 1 amide bonds. The van der Waals surface area contributed by atoms with E-state index in [4.69, 9.17) is 9.84 Å². The minimum Gasteiger partial charge on any atom is -0.444 e. The number of carbonyl (C=O) groups excluding carboxylic acids is 1. The number of para-hydroxylation sites is 1. The van der Waals surface area contributed by atoms with Crippen molar-refractivity contribution >= 4 is 11.7 Å². The van der Waals surface area contributed by atoms with E-state index in [1.165, 1.54) is 6.07 Å². The van der Waals surface area contributed by atoms with Gasteiger partial charge in [-0.25, -0.2) is 13.9 Å². The van der Waals surface area contributed by atoms with E-state index in [2.05, 4.69) is 0 Å². The number of ether oxygens (including phenoxy) is 1. The van der Waals surface area contributed by atoms with Crippen LogP contribution in [0.15, 0.2) is 60.7 Å². The molecule has 0 saturated heterocycles. The van der Waals surface area contributed by atoms with E-state index in [1.807, 2.05) is 74.9 Å². The molecule has 0 radical (unpaired) electrons. The van der Waals surface area contributed by atoms with E-state index < -0.39 is 5.60 Å². The molecule has 6 heteroatoms. The SMILES string of the molecule is Cc1c(C2=CCN(C(=O)OC(C)(C)C)CC2)nn(-c2ccccc2)c1-c1ccccc1F. The lowest BCUT2D eigenvalue weighted by Gasteiger charge is -2.29. The van der Waals surface area contributed by atoms with Crippen molar-refractivity contribution in [2.45, 2.75) is 39.7 Å². The summed E-state index contributed by atoms with van der Waals surface area (Å²) in [7, 11) is 0. The number of benzene rings is 2. The van der Waals surface area contributed by atoms with Crippen LogP contribution >= 0.6 is 0 Å². The molecule has 0 atom stereocenters. The van der Waals surface area contributed by atoms with Gasteiger partial charge in [0.05, 0.1) is 17.1 Å². The highest BCUT2D eigenvalue weighted by Crippen LogP contribution is 2.35. The van der Waals surface area contributed by atoms with Crippen molar-refractivity contribution < 1.29 is 13.9 Å². The van der Waals surface area contributed by atoms with Crippen molar-refractivity contribution in [2.75, 3.05) is 13.1 Å². The molecule has 0 N–H and O–H groups in total. The number of hydrogen-bond donors (Lipinski definition) is 0. The van der Waals surface area contributed by atoms with Crippen LogP contribution < -0.4 is 0 Å². The maximum Gasteiger partial charge on any atom is 0.410 e. The van der Waals surface area contributed by atoms with E-state index in [0.717, 1.165) is 28.2 Å². The first kappa shape index (κ1) is 21.8. The van der Waals surface area contributed by atoms with Gasteiger partial charge in [0.2, 0.25) is 0 Å². The lowest BCUT2D eigenvalue weighted by Crippen LogP contribution is -2.39. The van der Waals surface area contributed by atoms with Gasteiger partial charge in [-0.3, -0.25) is 0 Å². The first-order valence-corrected chi connectivity index (χ1v) is 10.8. The fraction of sp³-hybridized carbons (Fsp3) is 0.308. The van der Waals surface area contributed by atoms with Gasteiger partial charge in [-0.05, 0) is 64.0 Å². The predicted octanol–water partition coefficient (Wildman–Crippen LogP) is 6.01. The quantitative estimate of drug-likeness (QED) is 0.508. The van der Waals surface area contributed by atoms with Crippen LogP contribution in [0.25, 0.3) is 22.5 Å². The number of nitrogens with zero attached hydrogens (tertiary/aromatic N) is 3. The highest BCUT2D eigenvalue weighted by atomic mass is 19.1. The Morgan fingerprint density at radius 1 is 1.06 bits per heavy atom. The molecule has 166 valence electrons. The average Bonchev–Trinajstić information content (AvgIpc) is 3.10. The van der Waals surface area contributed by atoms with Crippen LogP contribution in [-0.2, 0) is 4.74 Å². The fourth-order valence-corrected chi connectivity index (χ4v) is 3.90. The van der Waals surface area contributed by atoms with Gasteiger partial charge in [0.25, 0.3) is 0 Å². The zero-order chi connectivity index (χ0) is 22.9. The molecule has 2 heterocycles. The molecule has 0 unspecified atom stereocenters. The lowest BCUT2D eigenvalue weighted by molar-refractivity contribution is 0.0270. The van der Waals surface area contributed by atoms with Gasteiger partial charge < -0.3 is 9.64 Å². The number of aromatic nitrogens is 2. The van der Waals surface area contributed by atoms with Crippen molar-refractivity contribution in [1.82, 2.24) is 14.7 Å². The molecule has 0 fully saturated rings. The van der Waals surface area contributed by atoms with E-state index >= 15 is 0 Å². The van der Waals surface area contributed by atoms with Crippen molar-refractivity contribution in [3.8, 4) is 16.9 Å². The second kappa shape index (κ2) is 8.61. The summed E-state index contributed by atoms with van der Waals surface area (Å²) in [6.07, 6.45) is 2.36. The van der Waals surface area contributed by atoms with Gasteiger partial charge in [-0.1, -0.05) is 36.4 Å². The Morgan fingerprint density at radius 2 is 1.75 bits per heavy atom. The third-order valence-corrected chi connectivity index (χ3v) is 5.42. The van der Waals surface area contributed by atoms with Crippen LogP contribution in [0.5, 0.6) is 0 Å². The van der Waals surface area contributed by atoms with Gasteiger partial charge in [0.15, 0.2) is 0 Å². The third-order valence-electron chi connectivity index (χ3n) is 5.42. The zero-order valence-corrected chi connectivity index (χ0v) is 18.9. The molecule has 3 aromatic rings. The standard InChI is InChI=1S/C26H28FN3O2/c1-18-23(19-14-16-29(17-15-19)25(31)32-26(2,3)4)28-30(20-10-6-5-7-11-20)24(18)21-12-8-9-13-22(21)27/h5-14H,15-17H2,1-4H3. The topological polar surface area (TPSA) is 47.4 Å². The number of carbonyl (C=O) groups is 1. The maximum atomic E-state index is 14.8. The molecule has 1 aliphatic rings. The Labute approximate surface area is 188 Å². The molecule has 0 aliphatic carbocycles. The Bertz CT molecular complexity index is 1160. The van der Waals surface area contributed by atoms with E-state index in [0.29, 0.717) is 25.1 Å². The summed E-state index contributed by atoms with van der Waals surface area (Å²) in [4.78, 5) is 14.1. The van der Waals surface area contributed by atoms with Crippen molar-refractivity contribution in [1.29, 1.82) is 0 Å². The summed E-state index contributed by atoms with van der Waals surface area (Å²) in [5.41, 5.74) is 4.38. The summed E-state index contributed by atoms with van der Waals surface area (Å²) in [5, 5.41) is 4.90. The minimum atomic E-state index is -0.527. The molecule has 2 aromatic carbocycles. The second-order valence-electron chi connectivity index (χ2n) is 8.96. The summed E-state index contributed by atoms with van der Waals surface area (Å²) in [5.74, 6) is -0.284. The van der Waals surface area contributed by atoms with Crippen molar-refractivity contribution in [2.24, 2.45) is 0 Å². The lowest BCUT2D eigenvalue weighted by atomic mass is 9.99. The molecule has 4 rings (SSSR count). The van der Waals surface area contributed by atoms with Crippen LogP contribution in [0, 0.1) is 12.7 Å². The molecule has 5 nitrogen and oxygen atoms in total. The molecule has 32 heavy (non-hydrogen) atoms. The molecular weight excluding hydrogens is 405 g/mol. The van der Waals surface area contributed by atoms with Crippen LogP contribution in [0.4, 0.5) is 9.18 Å². The number of amides is 1. The summed E-state index contributed by atoms with van der Waals surface area (Å²) >= 11 is 0. The number of hydrogen-bond acceptors (Lipinski definition) is 3. The first-order valence-electron chi connectivity index (χ1n) is 10.8. The van der Waals surface area contributed by atoms with Gasteiger partial charge in [-0.15, -0.1) is 0 Å². The second-order valence-corrected chi connectivity index (χ2v) is 8.96. The Kier molecular flexibility index (Phi) is 5.87. The third kappa shape index (κ3) is 4.44. The highest BCUT2D eigenvalue weighted by molar-refractivity contribution is 5.77. The first-order chi connectivity index (χ1) is 15.2. The Morgan fingerprint density at radius 3 is 2.38 bits per heavy atom. The van der Waals surface area contributed by atoms with Gasteiger partial charge in [0.1, 0.15) is 11.4 Å². The molecular formula is C26H28FN3O2. The zero-order valence-electron chi connectivity index (χ0n) is 18.9. The maximum absolute atomic E-state index is 14.8. The molecule has 0 saturated carbocycles. The number of halogens is 1. The van der Waals surface area contributed by atoms with Crippen molar-refractivity contribution in [3.05, 3.63) is 77.7 Å². The molecule has 0 bridgehead atoms. The normalized spacial score (nSPS) is 14.3. The molecule has 0 spiro atoms. The summed E-state index contributed by atoms with van der Waals surface area (Å²) in [6.45, 7) is 8.56. The highest BCUT2D eigenvalue weighted by Gasteiger charge is 2.27. The molecule has 1 aromatic heterocycles. The van der Waals surface area contributed by atoms with Crippen LogP contribution in [0.2, 0.25) is 0 Å².